The Bertz CT molecular complexity index is 821. The van der Waals surface area contributed by atoms with Crippen molar-refractivity contribution in [1.82, 2.24) is 4.72 Å². The van der Waals surface area contributed by atoms with Gasteiger partial charge >= 0.3 is 6.09 Å². The lowest BCUT2D eigenvalue weighted by Crippen LogP contribution is -2.26. The molecule has 0 fully saturated rings. The molecule has 25 heavy (non-hydrogen) atoms. The molecule has 8 heteroatoms. The number of ether oxygens (including phenoxy) is 1. The SMILES string of the molecule is CCOC(=O)Nc1ccc(S(=O)(=O)N[C@@H](C)c2ccc(Cl)cc2)cc1. The van der Waals surface area contributed by atoms with E-state index in [-0.39, 0.29) is 11.5 Å². The van der Waals surface area contributed by atoms with Crippen LogP contribution in [-0.2, 0) is 14.8 Å². The lowest BCUT2D eigenvalue weighted by atomic mass is 10.1. The number of nitrogens with one attached hydrogen (secondary N) is 2. The molecule has 0 unspecified atom stereocenters. The van der Waals surface area contributed by atoms with Crippen LogP contribution in [0.5, 0.6) is 0 Å². The van der Waals surface area contributed by atoms with E-state index in [1.165, 1.54) is 24.3 Å². The van der Waals surface area contributed by atoms with E-state index >= 15 is 0 Å². The molecular weight excluding hydrogens is 364 g/mol. The molecule has 0 saturated carbocycles. The van der Waals surface area contributed by atoms with Crippen LogP contribution in [0.2, 0.25) is 5.02 Å². The minimum atomic E-state index is -3.70. The van der Waals surface area contributed by atoms with Gasteiger partial charge in [-0.05, 0) is 55.8 Å². The topological polar surface area (TPSA) is 84.5 Å². The first-order chi connectivity index (χ1) is 11.8. The van der Waals surface area contributed by atoms with Gasteiger partial charge in [0.2, 0.25) is 10.0 Å². The second kappa shape index (κ2) is 8.33. The van der Waals surface area contributed by atoms with Gasteiger partial charge in [0.15, 0.2) is 0 Å². The van der Waals surface area contributed by atoms with Crippen LogP contribution in [0, 0.1) is 0 Å². The number of sulfonamides is 1. The van der Waals surface area contributed by atoms with Crippen molar-refractivity contribution >= 4 is 33.4 Å². The van der Waals surface area contributed by atoms with E-state index in [1.54, 1.807) is 38.1 Å². The highest BCUT2D eigenvalue weighted by Crippen LogP contribution is 2.20. The summed E-state index contributed by atoms with van der Waals surface area (Å²) in [5.74, 6) is 0. The average molecular weight is 383 g/mol. The van der Waals surface area contributed by atoms with Crippen LogP contribution >= 0.6 is 11.6 Å². The predicted molar refractivity (Wildman–Crippen MR) is 97.3 cm³/mol. The summed E-state index contributed by atoms with van der Waals surface area (Å²) >= 11 is 5.84. The fourth-order valence-electron chi connectivity index (χ4n) is 2.12. The number of hydrogen-bond acceptors (Lipinski definition) is 4. The molecule has 0 aliphatic heterocycles. The lowest BCUT2D eigenvalue weighted by Gasteiger charge is -2.15. The molecule has 0 radical (unpaired) electrons. The van der Waals surface area contributed by atoms with Gasteiger partial charge < -0.3 is 4.74 Å². The van der Waals surface area contributed by atoms with Gasteiger partial charge in [0.05, 0.1) is 11.5 Å². The Morgan fingerprint density at radius 2 is 1.72 bits per heavy atom. The van der Waals surface area contributed by atoms with Crippen molar-refractivity contribution in [3.05, 3.63) is 59.1 Å². The van der Waals surface area contributed by atoms with Crippen molar-refractivity contribution in [2.24, 2.45) is 0 Å². The second-order valence-electron chi connectivity index (χ2n) is 5.26. The molecule has 0 spiro atoms. The van der Waals surface area contributed by atoms with E-state index in [4.69, 9.17) is 16.3 Å². The van der Waals surface area contributed by atoms with Gasteiger partial charge in [0.1, 0.15) is 0 Å². The minimum Gasteiger partial charge on any atom is -0.450 e. The number of anilines is 1. The number of carbonyl (C=O) groups is 1. The summed E-state index contributed by atoms with van der Waals surface area (Å²) in [5.41, 5.74) is 1.25. The maximum absolute atomic E-state index is 12.5. The largest absolute Gasteiger partial charge is 0.450 e. The van der Waals surface area contributed by atoms with Crippen LogP contribution in [0.1, 0.15) is 25.5 Å². The van der Waals surface area contributed by atoms with Crippen LogP contribution < -0.4 is 10.0 Å². The molecule has 0 aromatic heterocycles. The maximum Gasteiger partial charge on any atom is 0.411 e. The summed E-state index contributed by atoms with van der Waals surface area (Å²) in [6, 6.07) is 12.4. The van der Waals surface area contributed by atoms with Gasteiger partial charge in [0.25, 0.3) is 0 Å². The summed E-state index contributed by atoms with van der Waals surface area (Å²) in [7, 11) is -3.70. The zero-order chi connectivity index (χ0) is 18.4. The van der Waals surface area contributed by atoms with Crippen LogP contribution in [0.25, 0.3) is 0 Å². The number of amides is 1. The van der Waals surface area contributed by atoms with E-state index < -0.39 is 22.2 Å². The van der Waals surface area contributed by atoms with E-state index in [1.807, 2.05) is 0 Å². The number of halogens is 1. The maximum atomic E-state index is 12.5. The number of carbonyl (C=O) groups excluding carboxylic acids is 1. The fourth-order valence-corrected chi connectivity index (χ4v) is 3.48. The van der Waals surface area contributed by atoms with Gasteiger partial charge in [-0.3, -0.25) is 5.32 Å². The molecule has 2 aromatic rings. The first-order valence-corrected chi connectivity index (χ1v) is 9.49. The smallest absolute Gasteiger partial charge is 0.411 e. The molecule has 2 N–H and O–H groups in total. The molecule has 0 aliphatic carbocycles. The first-order valence-electron chi connectivity index (χ1n) is 7.63. The molecule has 2 rings (SSSR count). The van der Waals surface area contributed by atoms with E-state index in [2.05, 4.69) is 10.0 Å². The van der Waals surface area contributed by atoms with Crippen molar-refractivity contribution in [1.29, 1.82) is 0 Å². The quantitative estimate of drug-likeness (QED) is 0.792. The highest BCUT2D eigenvalue weighted by atomic mass is 35.5. The van der Waals surface area contributed by atoms with Crippen LogP contribution in [-0.4, -0.2) is 21.1 Å². The zero-order valence-electron chi connectivity index (χ0n) is 13.8. The van der Waals surface area contributed by atoms with Crippen molar-refractivity contribution < 1.29 is 17.9 Å². The van der Waals surface area contributed by atoms with Crippen molar-refractivity contribution in [2.45, 2.75) is 24.8 Å². The molecule has 0 heterocycles. The van der Waals surface area contributed by atoms with Gasteiger partial charge in [-0.1, -0.05) is 23.7 Å². The van der Waals surface area contributed by atoms with Crippen molar-refractivity contribution in [2.75, 3.05) is 11.9 Å². The predicted octanol–water partition coefficient (Wildman–Crippen LogP) is 3.95. The van der Waals surface area contributed by atoms with E-state index in [0.29, 0.717) is 10.7 Å². The summed E-state index contributed by atoms with van der Waals surface area (Å²) < 4.78 is 32.3. The second-order valence-corrected chi connectivity index (χ2v) is 7.41. The molecular formula is C17H19ClN2O4S. The number of hydrogen-bond donors (Lipinski definition) is 2. The van der Waals surface area contributed by atoms with Gasteiger partial charge in [-0.15, -0.1) is 0 Å². The normalized spacial score (nSPS) is 12.4. The van der Waals surface area contributed by atoms with Crippen LogP contribution in [0.15, 0.2) is 53.4 Å². The summed E-state index contributed by atoms with van der Waals surface area (Å²) in [6.07, 6.45) is -0.590. The molecule has 0 bridgehead atoms. The minimum absolute atomic E-state index is 0.0997. The Morgan fingerprint density at radius 3 is 2.28 bits per heavy atom. The lowest BCUT2D eigenvalue weighted by molar-refractivity contribution is 0.168. The highest BCUT2D eigenvalue weighted by molar-refractivity contribution is 7.89. The third-order valence-corrected chi connectivity index (χ3v) is 5.20. The fraction of sp³-hybridized carbons (Fsp3) is 0.235. The van der Waals surface area contributed by atoms with Crippen LogP contribution in [0.3, 0.4) is 0 Å². The van der Waals surface area contributed by atoms with Crippen molar-refractivity contribution in [3.63, 3.8) is 0 Å². The Balaban J connectivity index is 2.08. The Kier molecular flexibility index (Phi) is 6.41. The zero-order valence-corrected chi connectivity index (χ0v) is 15.4. The Morgan fingerprint density at radius 1 is 1.12 bits per heavy atom. The molecule has 134 valence electrons. The van der Waals surface area contributed by atoms with E-state index in [0.717, 1.165) is 5.56 Å². The number of benzene rings is 2. The molecule has 0 saturated heterocycles. The Labute approximate surface area is 152 Å². The summed E-state index contributed by atoms with van der Waals surface area (Å²) in [5, 5.41) is 3.09. The van der Waals surface area contributed by atoms with Gasteiger partial charge in [0, 0.05) is 16.8 Å². The van der Waals surface area contributed by atoms with Crippen molar-refractivity contribution in [3.8, 4) is 0 Å². The molecule has 1 amide bonds. The third-order valence-electron chi connectivity index (χ3n) is 3.39. The molecule has 6 nitrogen and oxygen atoms in total. The standard InChI is InChI=1S/C17H19ClN2O4S/c1-3-24-17(21)19-15-8-10-16(11-9-15)25(22,23)20-12(2)13-4-6-14(18)7-5-13/h4-12,20H,3H2,1-2H3,(H,19,21)/t12-/m0/s1. The Hall–Kier alpha value is -2.09. The summed E-state index contributed by atoms with van der Waals surface area (Å²) in [6.45, 7) is 3.70. The molecule has 2 aromatic carbocycles. The van der Waals surface area contributed by atoms with Crippen LogP contribution in [0.4, 0.5) is 10.5 Å². The molecule has 1 atom stereocenters. The average Bonchev–Trinajstić information content (AvgIpc) is 2.55. The van der Waals surface area contributed by atoms with E-state index in [9.17, 15) is 13.2 Å². The number of rotatable bonds is 6. The monoisotopic (exact) mass is 382 g/mol. The highest BCUT2D eigenvalue weighted by Gasteiger charge is 2.18. The summed E-state index contributed by atoms with van der Waals surface area (Å²) in [4.78, 5) is 11.4. The van der Waals surface area contributed by atoms with Gasteiger partial charge in [-0.25, -0.2) is 17.9 Å². The van der Waals surface area contributed by atoms with Gasteiger partial charge in [-0.2, -0.15) is 0 Å². The molecule has 0 aliphatic rings. The first kappa shape index (κ1) is 19.2. The third kappa shape index (κ3) is 5.45.